The van der Waals surface area contributed by atoms with Crippen molar-refractivity contribution in [3.05, 3.63) is 30.3 Å². The Morgan fingerprint density at radius 1 is 1.30 bits per heavy atom. The predicted octanol–water partition coefficient (Wildman–Crippen LogP) is 1.65. The SMILES string of the molecule is COC(=O)COc1cc(-c2cccc(OC)c2)n(C)n1. The van der Waals surface area contributed by atoms with Crippen molar-refractivity contribution in [1.29, 1.82) is 0 Å². The summed E-state index contributed by atoms with van der Waals surface area (Å²) in [5.74, 6) is 0.690. The Hall–Kier alpha value is -2.50. The van der Waals surface area contributed by atoms with E-state index in [1.165, 1.54) is 7.11 Å². The second-order valence-electron chi connectivity index (χ2n) is 4.09. The van der Waals surface area contributed by atoms with Gasteiger partial charge in [0.25, 0.3) is 0 Å². The van der Waals surface area contributed by atoms with Crippen LogP contribution in [0.3, 0.4) is 0 Å². The first kappa shape index (κ1) is 13.9. The lowest BCUT2D eigenvalue weighted by Gasteiger charge is -2.04. The van der Waals surface area contributed by atoms with Crippen LogP contribution in [-0.2, 0) is 16.6 Å². The standard InChI is InChI=1S/C14H16N2O4/c1-16-12(10-5-4-6-11(7-10)18-2)8-13(15-16)20-9-14(17)19-3/h4-8H,9H2,1-3H3. The molecule has 1 aromatic carbocycles. The number of aromatic nitrogens is 2. The molecule has 0 saturated heterocycles. The van der Waals surface area contributed by atoms with Gasteiger partial charge in [-0.15, -0.1) is 5.10 Å². The van der Waals surface area contributed by atoms with Gasteiger partial charge >= 0.3 is 5.97 Å². The van der Waals surface area contributed by atoms with Gasteiger partial charge in [-0.2, -0.15) is 0 Å². The van der Waals surface area contributed by atoms with Gasteiger partial charge < -0.3 is 14.2 Å². The molecule has 6 nitrogen and oxygen atoms in total. The minimum absolute atomic E-state index is 0.162. The molecule has 0 radical (unpaired) electrons. The number of esters is 1. The maximum absolute atomic E-state index is 11.0. The highest BCUT2D eigenvalue weighted by atomic mass is 16.6. The van der Waals surface area contributed by atoms with Gasteiger partial charge in [-0.05, 0) is 12.1 Å². The van der Waals surface area contributed by atoms with E-state index in [0.717, 1.165) is 17.0 Å². The molecule has 2 aromatic rings. The molecule has 0 aliphatic heterocycles. The minimum Gasteiger partial charge on any atom is -0.497 e. The fraction of sp³-hybridized carbons (Fsp3) is 0.286. The fourth-order valence-electron chi connectivity index (χ4n) is 1.76. The Bertz CT molecular complexity index is 607. The molecule has 106 valence electrons. The number of methoxy groups -OCH3 is 2. The molecule has 0 amide bonds. The van der Waals surface area contributed by atoms with Crippen LogP contribution in [0.15, 0.2) is 30.3 Å². The van der Waals surface area contributed by atoms with Crippen LogP contribution in [-0.4, -0.2) is 36.6 Å². The maximum atomic E-state index is 11.0. The summed E-state index contributed by atoms with van der Waals surface area (Å²) in [4.78, 5) is 11.0. The molecule has 2 rings (SSSR count). The molecule has 1 aromatic heterocycles. The van der Waals surface area contributed by atoms with Crippen LogP contribution in [0.1, 0.15) is 0 Å². The third-order valence-electron chi connectivity index (χ3n) is 2.79. The van der Waals surface area contributed by atoms with E-state index < -0.39 is 5.97 Å². The predicted molar refractivity (Wildman–Crippen MR) is 72.7 cm³/mol. The highest BCUT2D eigenvalue weighted by Crippen LogP contribution is 2.26. The molecule has 6 heteroatoms. The molecule has 0 atom stereocenters. The summed E-state index contributed by atoms with van der Waals surface area (Å²) in [6.07, 6.45) is 0. The summed E-state index contributed by atoms with van der Waals surface area (Å²) in [5, 5.41) is 4.19. The molecule has 20 heavy (non-hydrogen) atoms. The molecule has 0 aliphatic rings. The first-order chi connectivity index (χ1) is 9.63. The van der Waals surface area contributed by atoms with Crippen molar-refractivity contribution < 1.29 is 19.0 Å². The average molecular weight is 276 g/mol. The van der Waals surface area contributed by atoms with Crippen molar-refractivity contribution in [2.45, 2.75) is 0 Å². The highest BCUT2D eigenvalue weighted by molar-refractivity contribution is 5.71. The molecule has 0 aliphatic carbocycles. The Labute approximate surface area is 116 Å². The first-order valence-corrected chi connectivity index (χ1v) is 6.02. The van der Waals surface area contributed by atoms with Gasteiger partial charge in [0.05, 0.1) is 19.9 Å². The van der Waals surface area contributed by atoms with Crippen LogP contribution in [0.4, 0.5) is 0 Å². The van der Waals surface area contributed by atoms with Gasteiger partial charge in [-0.1, -0.05) is 12.1 Å². The zero-order valence-corrected chi connectivity index (χ0v) is 11.6. The van der Waals surface area contributed by atoms with Crippen LogP contribution < -0.4 is 9.47 Å². The molecule has 0 fully saturated rings. The summed E-state index contributed by atoms with van der Waals surface area (Å²) in [6, 6.07) is 9.38. The van der Waals surface area contributed by atoms with E-state index in [0.29, 0.717) is 5.88 Å². The van der Waals surface area contributed by atoms with E-state index in [2.05, 4.69) is 9.84 Å². The Balaban J connectivity index is 2.20. The molecule has 0 bridgehead atoms. The molecular formula is C14H16N2O4. The second-order valence-corrected chi connectivity index (χ2v) is 4.09. The monoisotopic (exact) mass is 276 g/mol. The average Bonchev–Trinajstić information content (AvgIpc) is 2.86. The lowest BCUT2D eigenvalue weighted by Crippen LogP contribution is -2.12. The van der Waals surface area contributed by atoms with E-state index in [-0.39, 0.29) is 6.61 Å². The van der Waals surface area contributed by atoms with Crippen LogP contribution in [0, 0.1) is 0 Å². The summed E-state index contributed by atoms with van der Waals surface area (Å²) in [6.45, 7) is -0.162. The van der Waals surface area contributed by atoms with Crippen LogP contribution in [0.2, 0.25) is 0 Å². The van der Waals surface area contributed by atoms with Crippen LogP contribution in [0.25, 0.3) is 11.3 Å². The summed E-state index contributed by atoms with van der Waals surface area (Å²) >= 11 is 0. The number of ether oxygens (including phenoxy) is 3. The number of carbonyl (C=O) groups is 1. The summed E-state index contributed by atoms with van der Waals surface area (Å²) in [5.41, 5.74) is 1.82. The number of aryl methyl sites for hydroxylation is 1. The third-order valence-corrected chi connectivity index (χ3v) is 2.79. The zero-order valence-electron chi connectivity index (χ0n) is 11.6. The lowest BCUT2D eigenvalue weighted by atomic mass is 10.1. The van der Waals surface area contributed by atoms with Gasteiger partial charge in [0, 0.05) is 18.7 Å². The Morgan fingerprint density at radius 3 is 2.80 bits per heavy atom. The van der Waals surface area contributed by atoms with Crippen molar-refractivity contribution >= 4 is 5.97 Å². The van der Waals surface area contributed by atoms with E-state index in [1.807, 2.05) is 24.3 Å². The van der Waals surface area contributed by atoms with Gasteiger partial charge in [0.15, 0.2) is 6.61 Å². The lowest BCUT2D eigenvalue weighted by molar-refractivity contribution is -0.143. The first-order valence-electron chi connectivity index (χ1n) is 6.02. The van der Waals surface area contributed by atoms with Crippen LogP contribution >= 0.6 is 0 Å². The number of rotatable bonds is 5. The molecule has 0 saturated carbocycles. The van der Waals surface area contributed by atoms with Crippen molar-refractivity contribution in [2.75, 3.05) is 20.8 Å². The van der Waals surface area contributed by atoms with Crippen molar-refractivity contribution in [2.24, 2.45) is 7.05 Å². The van der Waals surface area contributed by atoms with Gasteiger partial charge in [0.1, 0.15) is 5.75 Å². The Kier molecular flexibility index (Phi) is 4.24. The molecule has 1 heterocycles. The molecule has 0 unspecified atom stereocenters. The zero-order chi connectivity index (χ0) is 14.5. The quantitative estimate of drug-likeness (QED) is 0.777. The topological polar surface area (TPSA) is 62.6 Å². The third kappa shape index (κ3) is 3.09. The molecule has 0 N–H and O–H groups in total. The maximum Gasteiger partial charge on any atom is 0.343 e. The van der Waals surface area contributed by atoms with Crippen molar-refractivity contribution in [3.8, 4) is 22.9 Å². The number of benzene rings is 1. The van der Waals surface area contributed by atoms with Crippen LogP contribution in [0.5, 0.6) is 11.6 Å². The molecular weight excluding hydrogens is 260 g/mol. The second kappa shape index (κ2) is 6.10. The number of hydrogen-bond donors (Lipinski definition) is 0. The van der Waals surface area contributed by atoms with Crippen molar-refractivity contribution in [3.63, 3.8) is 0 Å². The summed E-state index contributed by atoms with van der Waals surface area (Å²) < 4.78 is 16.6. The normalized spacial score (nSPS) is 10.2. The van der Waals surface area contributed by atoms with Gasteiger partial charge in [-0.3, -0.25) is 4.68 Å². The number of carbonyl (C=O) groups excluding carboxylic acids is 1. The van der Waals surface area contributed by atoms with Gasteiger partial charge in [0.2, 0.25) is 5.88 Å². The van der Waals surface area contributed by atoms with E-state index in [1.54, 1.807) is 24.9 Å². The van der Waals surface area contributed by atoms with Crippen molar-refractivity contribution in [1.82, 2.24) is 9.78 Å². The minimum atomic E-state index is -0.446. The Morgan fingerprint density at radius 2 is 2.10 bits per heavy atom. The summed E-state index contributed by atoms with van der Waals surface area (Å²) in [7, 11) is 4.73. The van der Waals surface area contributed by atoms with E-state index in [4.69, 9.17) is 9.47 Å². The van der Waals surface area contributed by atoms with E-state index in [9.17, 15) is 4.79 Å². The van der Waals surface area contributed by atoms with Gasteiger partial charge in [-0.25, -0.2) is 4.79 Å². The van der Waals surface area contributed by atoms with E-state index >= 15 is 0 Å². The largest absolute Gasteiger partial charge is 0.497 e. The number of hydrogen-bond acceptors (Lipinski definition) is 5. The highest BCUT2D eigenvalue weighted by Gasteiger charge is 2.10. The molecule has 0 spiro atoms. The fourth-order valence-corrected chi connectivity index (χ4v) is 1.76. The number of nitrogens with zero attached hydrogens (tertiary/aromatic N) is 2. The smallest absolute Gasteiger partial charge is 0.343 e.